The molecule has 0 saturated heterocycles. The second-order valence-electron chi connectivity index (χ2n) is 6.18. The summed E-state index contributed by atoms with van der Waals surface area (Å²) in [4.78, 5) is 10.5. The first kappa shape index (κ1) is 19.5. The van der Waals surface area contributed by atoms with E-state index >= 15 is 0 Å². The first-order chi connectivity index (χ1) is 13.7. The number of para-hydroxylation sites is 1. The maximum atomic E-state index is 13.1. The number of benzene rings is 2. The lowest BCUT2D eigenvalue weighted by molar-refractivity contribution is -0.388. The molecule has 0 radical (unpaired) electrons. The highest BCUT2D eigenvalue weighted by atomic mass is 35.5. The molecule has 29 heavy (non-hydrogen) atoms. The first-order valence-corrected chi connectivity index (χ1v) is 9.32. The van der Waals surface area contributed by atoms with Gasteiger partial charge in [-0.1, -0.05) is 29.8 Å². The van der Waals surface area contributed by atoms with Crippen molar-refractivity contribution < 1.29 is 18.1 Å². The van der Waals surface area contributed by atoms with Gasteiger partial charge < -0.3 is 0 Å². The van der Waals surface area contributed by atoms with Crippen molar-refractivity contribution >= 4 is 45.6 Å². The van der Waals surface area contributed by atoms with Crippen LogP contribution in [0.4, 0.5) is 18.9 Å². The zero-order valence-corrected chi connectivity index (χ0v) is 16.1. The van der Waals surface area contributed by atoms with Gasteiger partial charge in [-0.3, -0.25) is 14.5 Å². The summed E-state index contributed by atoms with van der Waals surface area (Å²) in [5.41, 5.74) is 0.294. The van der Waals surface area contributed by atoms with E-state index in [1.54, 1.807) is 4.40 Å². The molecule has 0 spiro atoms. The quantitative estimate of drug-likeness (QED) is 0.293. The van der Waals surface area contributed by atoms with Gasteiger partial charge in [0.25, 0.3) is 5.69 Å². The molecule has 4 aromatic rings. The molecule has 4 rings (SSSR count). The molecule has 0 aliphatic carbocycles. The van der Waals surface area contributed by atoms with E-state index < -0.39 is 27.4 Å². The average Bonchev–Trinajstić information content (AvgIpc) is 3.03. The normalized spacial score (nSPS) is 12.0. The number of fused-ring (bicyclic) bond motifs is 3. The summed E-state index contributed by atoms with van der Waals surface area (Å²) in [6, 6.07) is 10.6. The summed E-state index contributed by atoms with van der Waals surface area (Å²) in [5, 5.41) is 20.1. The highest BCUT2D eigenvalue weighted by molar-refractivity contribution is 7.99. The summed E-state index contributed by atoms with van der Waals surface area (Å²) in [7, 11) is 0. The first-order valence-electron chi connectivity index (χ1n) is 8.13. The number of hydrogen-bond donors (Lipinski definition) is 0. The Morgan fingerprint density at radius 1 is 1.17 bits per heavy atom. The minimum absolute atomic E-state index is 0.0630. The molecule has 0 bridgehead atoms. The zero-order chi connectivity index (χ0) is 20.9. The molecule has 0 aliphatic heterocycles. The van der Waals surface area contributed by atoms with E-state index in [0.717, 1.165) is 34.3 Å². The third-order valence-corrected chi connectivity index (χ3v) is 5.63. The van der Waals surface area contributed by atoms with Crippen molar-refractivity contribution in [1.82, 2.24) is 14.6 Å². The maximum absolute atomic E-state index is 13.1. The topological polar surface area (TPSA) is 73.3 Å². The zero-order valence-electron chi connectivity index (χ0n) is 14.6. The fourth-order valence-electron chi connectivity index (χ4n) is 3.02. The summed E-state index contributed by atoms with van der Waals surface area (Å²) in [6.45, 7) is 1.92. The van der Waals surface area contributed by atoms with Crippen molar-refractivity contribution in [3.63, 3.8) is 0 Å². The lowest BCUT2D eigenvalue weighted by Gasteiger charge is -2.11. The molecule has 148 valence electrons. The molecule has 0 atom stereocenters. The van der Waals surface area contributed by atoms with E-state index in [1.165, 1.54) is 0 Å². The van der Waals surface area contributed by atoms with Crippen LogP contribution in [0.15, 0.2) is 52.5 Å². The number of nitro benzene ring substituents is 1. The third kappa shape index (κ3) is 3.38. The van der Waals surface area contributed by atoms with Gasteiger partial charge in [0.1, 0.15) is 0 Å². The van der Waals surface area contributed by atoms with E-state index in [2.05, 4.69) is 10.2 Å². The van der Waals surface area contributed by atoms with Gasteiger partial charge in [-0.2, -0.15) is 13.2 Å². The summed E-state index contributed by atoms with van der Waals surface area (Å²) >= 11 is 6.59. The van der Waals surface area contributed by atoms with Gasteiger partial charge in [-0.25, -0.2) is 0 Å². The fraction of sp³-hybridized carbons (Fsp3) is 0.111. The van der Waals surface area contributed by atoms with E-state index in [-0.39, 0.29) is 10.1 Å². The average molecular weight is 439 g/mol. The number of alkyl halides is 3. The minimum Gasteiger partial charge on any atom is -0.270 e. The van der Waals surface area contributed by atoms with Gasteiger partial charge in [-0.15, -0.1) is 10.2 Å². The second kappa shape index (κ2) is 6.89. The van der Waals surface area contributed by atoms with Crippen LogP contribution in [0, 0.1) is 17.0 Å². The largest absolute Gasteiger partial charge is 0.418 e. The summed E-state index contributed by atoms with van der Waals surface area (Å²) in [5.74, 6) is 0. The fourth-order valence-corrected chi connectivity index (χ4v) is 4.34. The molecule has 0 aliphatic rings. The maximum Gasteiger partial charge on any atom is 0.418 e. The summed E-state index contributed by atoms with van der Waals surface area (Å²) < 4.78 is 40.9. The Labute approximate surface area is 170 Å². The Kier molecular flexibility index (Phi) is 4.62. The molecule has 0 unspecified atom stereocenters. The van der Waals surface area contributed by atoms with Crippen molar-refractivity contribution in [2.75, 3.05) is 0 Å². The molecule has 6 nitrogen and oxygen atoms in total. The van der Waals surface area contributed by atoms with Gasteiger partial charge in [0.2, 0.25) is 5.16 Å². The van der Waals surface area contributed by atoms with Crippen LogP contribution in [0.3, 0.4) is 0 Å². The molecule has 11 heteroatoms. The standard InChI is InChI=1S/C18H10ClF3N4O2S/c1-9-6-16-23-24-17(25(16)13-5-3-2-4-10(9)13)29-15-8-12(19)11(18(20,21)22)7-14(15)26(27)28/h2-8H,1H3. The van der Waals surface area contributed by atoms with Crippen LogP contribution in [-0.2, 0) is 6.18 Å². The van der Waals surface area contributed by atoms with E-state index in [4.69, 9.17) is 11.6 Å². The van der Waals surface area contributed by atoms with Gasteiger partial charge in [0, 0.05) is 11.5 Å². The monoisotopic (exact) mass is 438 g/mol. The van der Waals surface area contributed by atoms with Gasteiger partial charge in [-0.05, 0) is 42.4 Å². The number of hydrogen-bond acceptors (Lipinski definition) is 5. The highest BCUT2D eigenvalue weighted by Crippen LogP contribution is 2.43. The number of nitrogens with zero attached hydrogens (tertiary/aromatic N) is 4. The Hall–Kier alpha value is -2.85. The lowest BCUT2D eigenvalue weighted by Crippen LogP contribution is -2.07. The Morgan fingerprint density at radius 3 is 2.59 bits per heavy atom. The third-order valence-electron chi connectivity index (χ3n) is 4.33. The van der Waals surface area contributed by atoms with Crippen LogP contribution in [0.5, 0.6) is 0 Å². The number of aryl methyl sites for hydroxylation is 1. The summed E-state index contributed by atoms with van der Waals surface area (Å²) in [6.07, 6.45) is -4.81. The van der Waals surface area contributed by atoms with Gasteiger partial charge >= 0.3 is 6.18 Å². The molecular formula is C18H10ClF3N4O2S. The smallest absolute Gasteiger partial charge is 0.270 e. The number of rotatable bonds is 3. The van der Waals surface area contributed by atoms with E-state index in [0.29, 0.717) is 11.7 Å². The van der Waals surface area contributed by atoms with E-state index in [1.807, 2.05) is 37.3 Å². The Balaban J connectivity index is 1.91. The Bertz CT molecular complexity index is 1290. The van der Waals surface area contributed by atoms with E-state index in [9.17, 15) is 23.3 Å². The highest BCUT2D eigenvalue weighted by Gasteiger charge is 2.36. The molecular weight excluding hydrogens is 429 g/mol. The SMILES string of the molecule is Cc1cc2nnc(Sc3cc(Cl)c(C(F)(F)F)cc3[N+](=O)[O-])n2c2ccccc12. The minimum atomic E-state index is -4.81. The van der Waals surface area contributed by atoms with Crippen LogP contribution in [0.25, 0.3) is 16.6 Å². The van der Waals surface area contributed by atoms with Crippen molar-refractivity contribution in [2.24, 2.45) is 0 Å². The van der Waals surface area contributed by atoms with Crippen molar-refractivity contribution in [3.8, 4) is 0 Å². The molecule has 0 fully saturated rings. The number of nitro groups is 1. The Morgan fingerprint density at radius 2 is 1.90 bits per heavy atom. The van der Waals surface area contributed by atoms with Gasteiger partial charge in [0.15, 0.2) is 5.65 Å². The van der Waals surface area contributed by atoms with Crippen LogP contribution < -0.4 is 0 Å². The van der Waals surface area contributed by atoms with Crippen molar-refractivity contribution in [2.45, 2.75) is 23.2 Å². The lowest BCUT2D eigenvalue weighted by atomic mass is 10.1. The second-order valence-corrected chi connectivity index (χ2v) is 7.59. The van der Waals surface area contributed by atoms with Gasteiger partial charge in [0.05, 0.1) is 25.9 Å². The van der Waals surface area contributed by atoms with Crippen LogP contribution in [-0.4, -0.2) is 19.5 Å². The van der Waals surface area contributed by atoms with Crippen molar-refractivity contribution in [1.29, 1.82) is 0 Å². The molecule has 0 amide bonds. The number of pyridine rings is 1. The number of aromatic nitrogens is 3. The molecule has 0 saturated carbocycles. The van der Waals surface area contributed by atoms with Crippen molar-refractivity contribution in [3.05, 3.63) is 68.7 Å². The van der Waals surface area contributed by atoms with Crippen LogP contribution in [0.1, 0.15) is 11.1 Å². The predicted octanol–water partition coefficient (Wildman–Crippen LogP) is 5.92. The molecule has 0 N–H and O–H groups in total. The predicted molar refractivity (Wildman–Crippen MR) is 102 cm³/mol. The molecule has 2 aromatic carbocycles. The molecule has 2 aromatic heterocycles. The number of halogens is 4. The van der Waals surface area contributed by atoms with Crippen LogP contribution in [0.2, 0.25) is 5.02 Å². The molecule has 2 heterocycles. The van der Waals surface area contributed by atoms with Crippen LogP contribution >= 0.6 is 23.4 Å².